The number of nitrogens with two attached hydrogens (primary N) is 1. The molecule has 0 fully saturated rings. The first-order valence-corrected chi connectivity index (χ1v) is 7.12. The van der Waals surface area contributed by atoms with E-state index in [1.165, 1.54) is 12.1 Å². The van der Waals surface area contributed by atoms with Crippen LogP contribution in [0.4, 0.5) is 20.2 Å². The molecule has 0 aliphatic heterocycles. The Bertz CT molecular complexity index is 761. The smallest absolute Gasteiger partial charge is 0.262 e. The molecule has 0 aliphatic carbocycles. The third-order valence-corrected chi connectivity index (χ3v) is 4.06. The van der Waals surface area contributed by atoms with Crippen molar-refractivity contribution in [3.63, 3.8) is 0 Å². The van der Waals surface area contributed by atoms with E-state index in [9.17, 15) is 17.2 Å². The van der Waals surface area contributed by atoms with Crippen molar-refractivity contribution in [2.24, 2.45) is 0 Å². The third kappa shape index (κ3) is 2.88. The summed E-state index contributed by atoms with van der Waals surface area (Å²) in [4.78, 5) is -0.354. The number of anilines is 2. The third-order valence-electron chi connectivity index (χ3n) is 2.70. The molecular weight excluding hydrogens is 286 g/mol. The Labute approximate surface area is 115 Å². The lowest BCUT2D eigenvalue weighted by Gasteiger charge is -2.11. The second kappa shape index (κ2) is 5.09. The number of hydrogen-bond acceptors (Lipinski definition) is 3. The van der Waals surface area contributed by atoms with Gasteiger partial charge in [0.05, 0.1) is 10.6 Å². The normalized spacial score (nSPS) is 11.3. The van der Waals surface area contributed by atoms with E-state index in [4.69, 9.17) is 5.73 Å². The summed E-state index contributed by atoms with van der Waals surface area (Å²) in [6.07, 6.45) is 0. The predicted octanol–water partition coefficient (Wildman–Crippen LogP) is 2.66. The van der Waals surface area contributed by atoms with Crippen LogP contribution in [0.3, 0.4) is 0 Å². The summed E-state index contributed by atoms with van der Waals surface area (Å²) in [5.74, 6) is -2.32. The van der Waals surface area contributed by atoms with Crippen LogP contribution in [0.15, 0.2) is 41.3 Å². The number of nitrogens with one attached hydrogen (secondary N) is 1. The average Bonchev–Trinajstić information content (AvgIpc) is 2.36. The van der Waals surface area contributed by atoms with Crippen molar-refractivity contribution in [3.8, 4) is 0 Å². The van der Waals surface area contributed by atoms with Gasteiger partial charge < -0.3 is 5.73 Å². The van der Waals surface area contributed by atoms with E-state index in [1.807, 2.05) is 0 Å². The molecule has 106 valence electrons. The molecule has 0 saturated heterocycles. The Kier molecular flexibility index (Phi) is 3.63. The zero-order valence-corrected chi connectivity index (χ0v) is 11.3. The van der Waals surface area contributed by atoms with E-state index < -0.39 is 21.7 Å². The summed E-state index contributed by atoms with van der Waals surface area (Å²) >= 11 is 0. The zero-order chi connectivity index (χ0) is 14.9. The van der Waals surface area contributed by atoms with Crippen molar-refractivity contribution >= 4 is 21.4 Å². The lowest BCUT2D eigenvalue weighted by molar-refractivity contribution is 0.504. The molecule has 0 aliphatic rings. The standard InChI is InChI=1S/C13H12F2N2O2S/c1-8-6-9(16)2-5-13(8)17-20(18,19)10-3-4-11(14)12(15)7-10/h2-7,17H,16H2,1H3. The molecular formula is C13H12F2N2O2S. The topological polar surface area (TPSA) is 72.2 Å². The second-order valence-electron chi connectivity index (χ2n) is 4.26. The highest BCUT2D eigenvalue weighted by Gasteiger charge is 2.17. The second-order valence-corrected chi connectivity index (χ2v) is 5.94. The van der Waals surface area contributed by atoms with Crippen molar-refractivity contribution in [2.75, 3.05) is 10.5 Å². The first-order chi connectivity index (χ1) is 9.29. The molecule has 7 heteroatoms. The van der Waals surface area contributed by atoms with Crippen molar-refractivity contribution in [1.82, 2.24) is 0 Å². The van der Waals surface area contributed by atoms with Crippen molar-refractivity contribution in [1.29, 1.82) is 0 Å². The van der Waals surface area contributed by atoms with Gasteiger partial charge in [-0.3, -0.25) is 4.72 Å². The van der Waals surface area contributed by atoms with Crippen LogP contribution in [0, 0.1) is 18.6 Å². The molecule has 0 spiro atoms. The summed E-state index contributed by atoms with van der Waals surface area (Å²) in [7, 11) is -3.99. The van der Waals surface area contributed by atoms with Gasteiger partial charge in [0.1, 0.15) is 0 Å². The fourth-order valence-corrected chi connectivity index (χ4v) is 2.79. The zero-order valence-electron chi connectivity index (χ0n) is 10.5. The highest BCUT2D eigenvalue weighted by molar-refractivity contribution is 7.92. The Morgan fingerprint density at radius 3 is 2.35 bits per heavy atom. The minimum Gasteiger partial charge on any atom is -0.399 e. The van der Waals surface area contributed by atoms with Crippen LogP contribution in [-0.2, 0) is 10.0 Å². The number of sulfonamides is 1. The van der Waals surface area contributed by atoms with Gasteiger partial charge in [0.2, 0.25) is 0 Å². The first-order valence-electron chi connectivity index (χ1n) is 5.63. The molecule has 0 heterocycles. The van der Waals surface area contributed by atoms with E-state index in [0.29, 0.717) is 23.0 Å². The number of hydrogen-bond donors (Lipinski definition) is 2. The van der Waals surface area contributed by atoms with Crippen LogP contribution in [0.5, 0.6) is 0 Å². The van der Waals surface area contributed by atoms with Gasteiger partial charge in [-0.05, 0) is 48.9 Å². The van der Waals surface area contributed by atoms with Crippen molar-refractivity contribution in [2.45, 2.75) is 11.8 Å². The molecule has 0 radical (unpaired) electrons. The molecule has 2 rings (SSSR count). The Balaban J connectivity index is 2.38. The van der Waals surface area contributed by atoms with Gasteiger partial charge in [-0.2, -0.15) is 0 Å². The van der Waals surface area contributed by atoms with E-state index in [2.05, 4.69) is 4.72 Å². The van der Waals surface area contributed by atoms with Gasteiger partial charge in [-0.25, -0.2) is 17.2 Å². The number of halogens is 2. The van der Waals surface area contributed by atoms with Crippen LogP contribution in [0.2, 0.25) is 0 Å². The molecule has 0 unspecified atom stereocenters. The lowest BCUT2D eigenvalue weighted by Crippen LogP contribution is -2.14. The summed E-state index contributed by atoms with van der Waals surface area (Å²) in [5, 5.41) is 0. The van der Waals surface area contributed by atoms with Crippen LogP contribution in [0.1, 0.15) is 5.56 Å². The monoisotopic (exact) mass is 298 g/mol. The molecule has 2 aromatic rings. The maximum Gasteiger partial charge on any atom is 0.262 e. The van der Waals surface area contributed by atoms with Crippen LogP contribution in [0.25, 0.3) is 0 Å². The van der Waals surface area contributed by atoms with E-state index in [1.54, 1.807) is 13.0 Å². The van der Waals surface area contributed by atoms with Gasteiger partial charge >= 0.3 is 0 Å². The minimum absolute atomic E-state index is 0.323. The average molecular weight is 298 g/mol. The van der Waals surface area contributed by atoms with E-state index >= 15 is 0 Å². The Morgan fingerprint density at radius 2 is 1.75 bits per heavy atom. The van der Waals surface area contributed by atoms with E-state index in [0.717, 1.165) is 12.1 Å². The molecule has 3 N–H and O–H groups in total. The molecule has 0 atom stereocenters. The summed E-state index contributed by atoms with van der Waals surface area (Å²) in [6, 6.07) is 7.03. The van der Waals surface area contributed by atoms with Gasteiger partial charge in [0.25, 0.3) is 10.0 Å². The highest BCUT2D eigenvalue weighted by atomic mass is 32.2. The van der Waals surface area contributed by atoms with Crippen molar-refractivity contribution in [3.05, 3.63) is 53.6 Å². The molecule has 0 amide bonds. The van der Waals surface area contributed by atoms with Gasteiger partial charge in [-0.1, -0.05) is 0 Å². The number of benzene rings is 2. The van der Waals surface area contributed by atoms with Crippen LogP contribution in [-0.4, -0.2) is 8.42 Å². The first kappa shape index (κ1) is 14.3. The summed E-state index contributed by atoms with van der Waals surface area (Å²) < 4.78 is 52.4. The molecule has 0 aromatic heterocycles. The largest absolute Gasteiger partial charge is 0.399 e. The van der Waals surface area contributed by atoms with Gasteiger partial charge in [0, 0.05) is 5.69 Å². The molecule has 0 bridgehead atoms. The van der Waals surface area contributed by atoms with E-state index in [-0.39, 0.29) is 4.90 Å². The van der Waals surface area contributed by atoms with Gasteiger partial charge in [-0.15, -0.1) is 0 Å². The highest BCUT2D eigenvalue weighted by Crippen LogP contribution is 2.22. The summed E-state index contributed by atoms with van der Waals surface area (Å²) in [6.45, 7) is 1.68. The summed E-state index contributed by atoms with van der Waals surface area (Å²) in [5.41, 5.74) is 7.01. The molecule has 2 aromatic carbocycles. The lowest BCUT2D eigenvalue weighted by atomic mass is 10.2. The molecule has 20 heavy (non-hydrogen) atoms. The van der Waals surface area contributed by atoms with Crippen LogP contribution < -0.4 is 10.5 Å². The number of rotatable bonds is 3. The Morgan fingerprint density at radius 1 is 1.05 bits per heavy atom. The molecule has 0 saturated carbocycles. The number of nitrogen functional groups attached to an aromatic ring is 1. The van der Waals surface area contributed by atoms with Gasteiger partial charge in [0.15, 0.2) is 11.6 Å². The SMILES string of the molecule is Cc1cc(N)ccc1NS(=O)(=O)c1ccc(F)c(F)c1. The van der Waals surface area contributed by atoms with Crippen molar-refractivity contribution < 1.29 is 17.2 Å². The fourth-order valence-electron chi connectivity index (χ4n) is 1.65. The number of aryl methyl sites for hydroxylation is 1. The maximum atomic E-state index is 13.1. The predicted molar refractivity (Wildman–Crippen MR) is 72.8 cm³/mol. The fraction of sp³-hybridized carbons (Fsp3) is 0.0769. The quantitative estimate of drug-likeness (QED) is 0.856. The Hall–Kier alpha value is -2.15. The maximum absolute atomic E-state index is 13.1. The van der Waals surface area contributed by atoms with Crippen LogP contribution >= 0.6 is 0 Å². The minimum atomic E-state index is -3.99. The molecule has 4 nitrogen and oxygen atoms in total.